The van der Waals surface area contributed by atoms with Crippen LogP contribution in [0.3, 0.4) is 0 Å². The quantitative estimate of drug-likeness (QED) is 0.630. The van der Waals surface area contributed by atoms with Crippen molar-refractivity contribution in [2.45, 2.75) is 51.2 Å². The zero-order valence-electron chi connectivity index (χ0n) is 14.8. The summed E-state index contributed by atoms with van der Waals surface area (Å²) in [6, 6.07) is 5.98. The van der Waals surface area contributed by atoms with Crippen molar-refractivity contribution in [2.24, 2.45) is 0 Å². The molecule has 0 aromatic heterocycles. The molecule has 2 aromatic rings. The SMILES string of the molecule is CCc1c(C)ccc(S(=O)(=O)OC2Cc3cc(F)cc(Br)c3O2)c1CC. The fourth-order valence-electron chi connectivity index (χ4n) is 3.40. The van der Waals surface area contributed by atoms with Crippen molar-refractivity contribution in [1.29, 1.82) is 0 Å². The molecule has 0 saturated carbocycles. The highest BCUT2D eigenvalue weighted by atomic mass is 79.9. The van der Waals surface area contributed by atoms with Crippen molar-refractivity contribution >= 4 is 26.0 Å². The Bertz CT molecular complexity index is 956. The summed E-state index contributed by atoms with van der Waals surface area (Å²) >= 11 is 3.23. The first-order valence-electron chi connectivity index (χ1n) is 8.46. The Morgan fingerprint density at radius 3 is 2.58 bits per heavy atom. The first-order valence-corrected chi connectivity index (χ1v) is 10.7. The Kier molecular flexibility index (Phi) is 5.42. The summed E-state index contributed by atoms with van der Waals surface area (Å²) in [7, 11) is -4.01. The minimum absolute atomic E-state index is 0.166. The molecule has 0 spiro atoms. The van der Waals surface area contributed by atoms with Gasteiger partial charge in [0.25, 0.3) is 0 Å². The second-order valence-corrected chi connectivity index (χ2v) is 8.62. The molecular formula is C19H20BrFO4S. The van der Waals surface area contributed by atoms with Crippen LogP contribution in [0.15, 0.2) is 33.6 Å². The average molecular weight is 443 g/mol. The molecule has 7 heteroatoms. The first-order chi connectivity index (χ1) is 12.3. The smallest absolute Gasteiger partial charge is 0.300 e. The molecule has 1 unspecified atom stereocenters. The van der Waals surface area contributed by atoms with Gasteiger partial charge in [-0.15, -0.1) is 0 Å². The molecule has 1 atom stereocenters. The van der Waals surface area contributed by atoms with Gasteiger partial charge in [-0.3, -0.25) is 0 Å². The van der Waals surface area contributed by atoms with Gasteiger partial charge in [0.1, 0.15) is 11.6 Å². The number of hydrogen-bond donors (Lipinski definition) is 0. The number of fused-ring (bicyclic) bond motifs is 1. The summed E-state index contributed by atoms with van der Waals surface area (Å²) in [6.45, 7) is 5.90. The minimum atomic E-state index is -4.01. The van der Waals surface area contributed by atoms with Crippen LogP contribution in [0.25, 0.3) is 0 Å². The number of rotatable bonds is 5. The van der Waals surface area contributed by atoms with E-state index < -0.39 is 22.2 Å². The Morgan fingerprint density at radius 1 is 1.23 bits per heavy atom. The van der Waals surface area contributed by atoms with Crippen molar-refractivity contribution in [3.63, 3.8) is 0 Å². The highest BCUT2D eigenvalue weighted by Crippen LogP contribution is 2.38. The first kappa shape index (κ1) is 19.3. The molecule has 1 aliphatic rings. The summed E-state index contributed by atoms with van der Waals surface area (Å²) in [4.78, 5) is 0.173. The maximum absolute atomic E-state index is 13.5. The molecule has 140 valence electrons. The summed E-state index contributed by atoms with van der Waals surface area (Å²) < 4.78 is 50.6. The van der Waals surface area contributed by atoms with Gasteiger partial charge in [-0.2, -0.15) is 8.42 Å². The second kappa shape index (κ2) is 7.29. The molecule has 3 rings (SSSR count). The van der Waals surface area contributed by atoms with Crippen LogP contribution >= 0.6 is 15.9 Å². The van der Waals surface area contributed by atoms with Crippen LogP contribution < -0.4 is 4.74 Å². The van der Waals surface area contributed by atoms with Gasteiger partial charge in [0.2, 0.25) is 6.29 Å². The van der Waals surface area contributed by atoms with E-state index in [0.717, 1.165) is 23.1 Å². The van der Waals surface area contributed by atoms with Gasteiger partial charge >= 0.3 is 10.1 Å². The van der Waals surface area contributed by atoms with Crippen molar-refractivity contribution in [3.05, 3.63) is 56.8 Å². The van der Waals surface area contributed by atoms with Crippen LogP contribution in [0.5, 0.6) is 5.75 Å². The van der Waals surface area contributed by atoms with Gasteiger partial charge in [0.15, 0.2) is 0 Å². The van der Waals surface area contributed by atoms with E-state index in [2.05, 4.69) is 15.9 Å². The van der Waals surface area contributed by atoms with E-state index in [1.807, 2.05) is 20.8 Å². The van der Waals surface area contributed by atoms with E-state index in [1.165, 1.54) is 12.1 Å². The minimum Gasteiger partial charge on any atom is -0.462 e. The Balaban J connectivity index is 1.91. The van der Waals surface area contributed by atoms with Crippen molar-refractivity contribution < 1.29 is 21.7 Å². The zero-order valence-corrected chi connectivity index (χ0v) is 17.2. The Labute approximate surface area is 161 Å². The lowest BCUT2D eigenvalue weighted by Crippen LogP contribution is -2.23. The third kappa shape index (κ3) is 3.52. The standard InChI is InChI=1S/C19H20BrFO4S/c1-4-14-11(3)6-7-17(15(14)5-2)26(22,23)25-18-9-12-8-13(21)10-16(20)19(12)24-18/h6-8,10,18H,4-5,9H2,1-3H3. The number of aryl methyl sites for hydroxylation is 1. The largest absolute Gasteiger partial charge is 0.462 e. The Morgan fingerprint density at radius 2 is 1.92 bits per heavy atom. The number of ether oxygens (including phenoxy) is 1. The highest BCUT2D eigenvalue weighted by Gasteiger charge is 2.32. The lowest BCUT2D eigenvalue weighted by molar-refractivity contribution is 0.0307. The lowest BCUT2D eigenvalue weighted by Gasteiger charge is -2.17. The summed E-state index contributed by atoms with van der Waals surface area (Å²) in [6.07, 6.45) is 0.490. The van der Waals surface area contributed by atoms with E-state index in [1.54, 1.807) is 12.1 Å². The van der Waals surface area contributed by atoms with Crippen molar-refractivity contribution in [1.82, 2.24) is 0 Å². The maximum Gasteiger partial charge on any atom is 0.300 e. The fraction of sp³-hybridized carbons (Fsp3) is 0.368. The molecule has 4 nitrogen and oxygen atoms in total. The van der Waals surface area contributed by atoms with Crippen LogP contribution in [0, 0.1) is 12.7 Å². The highest BCUT2D eigenvalue weighted by molar-refractivity contribution is 9.10. The number of benzene rings is 2. The average Bonchev–Trinajstić information content (AvgIpc) is 2.95. The topological polar surface area (TPSA) is 52.6 Å². The van der Waals surface area contributed by atoms with Crippen LogP contribution in [0.4, 0.5) is 4.39 Å². The molecule has 26 heavy (non-hydrogen) atoms. The van der Waals surface area contributed by atoms with Crippen LogP contribution in [0.2, 0.25) is 0 Å². The summed E-state index contributed by atoms with van der Waals surface area (Å²) in [5, 5.41) is 0. The van der Waals surface area contributed by atoms with Gasteiger partial charge < -0.3 is 4.74 Å². The maximum atomic E-state index is 13.5. The van der Waals surface area contributed by atoms with Crippen LogP contribution in [-0.4, -0.2) is 14.7 Å². The third-order valence-electron chi connectivity index (χ3n) is 4.55. The molecule has 0 aliphatic carbocycles. The Hall–Kier alpha value is -1.44. The van der Waals surface area contributed by atoms with E-state index in [0.29, 0.717) is 22.2 Å². The predicted molar refractivity (Wildman–Crippen MR) is 100 cm³/mol. The fourth-order valence-corrected chi connectivity index (χ4v) is 5.26. The molecule has 1 heterocycles. The molecular weight excluding hydrogens is 423 g/mol. The lowest BCUT2D eigenvalue weighted by atomic mass is 9.98. The number of halogens is 2. The van der Waals surface area contributed by atoms with E-state index in [4.69, 9.17) is 8.92 Å². The molecule has 0 N–H and O–H groups in total. The van der Waals surface area contributed by atoms with E-state index >= 15 is 0 Å². The molecule has 2 aromatic carbocycles. The van der Waals surface area contributed by atoms with Crippen molar-refractivity contribution in [3.8, 4) is 5.75 Å². The number of hydrogen-bond acceptors (Lipinski definition) is 4. The third-order valence-corrected chi connectivity index (χ3v) is 6.53. The summed E-state index contributed by atoms with van der Waals surface area (Å²) in [5.41, 5.74) is 3.44. The predicted octanol–water partition coefficient (Wildman–Crippen LogP) is 4.69. The zero-order chi connectivity index (χ0) is 19.1. The monoisotopic (exact) mass is 442 g/mol. The molecule has 0 radical (unpaired) electrons. The molecule has 0 fully saturated rings. The van der Waals surface area contributed by atoms with Crippen molar-refractivity contribution in [2.75, 3.05) is 0 Å². The van der Waals surface area contributed by atoms with E-state index in [9.17, 15) is 12.8 Å². The summed E-state index contributed by atoms with van der Waals surface area (Å²) in [5.74, 6) is 0.00240. The van der Waals surface area contributed by atoms with Crippen LogP contribution in [-0.2, 0) is 33.6 Å². The second-order valence-electron chi connectivity index (χ2n) is 6.22. The molecule has 0 bridgehead atoms. The molecule has 0 amide bonds. The van der Waals surface area contributed by atoms with Gasteiger partial charge in [-0.05, 0) is 70.6 Å². The van der Waals surface area contributed by atoms with Gasteiger partial charge in [0.05, 0.1) is 9.37 Å². The van der Waals surface area contributed by atoms with E-state index in [-0.39, 0.29) is 11.3 Å². The van der Waals surface area contributed by atoms with Crippen LogP contribution in [0.1, 0.15) is 36.1 Å². The van der Waals surface area contributed by atoms with Gasteiger partial charge in [-0.1, -0.05) is 19.9 Å². The molecule has 0 saturated heterocycles. The normalized spacial score (nSPS) is 16.4. The van der Waals surface area contributed by atoms with Gasteiger partial charge in [-0.25, -0.2) is 8.57 Å². The van der Waals surface area contributed by atoms with Gasteiger partial charge in [0, 0.05) is 12.0 Å². The molecule has 1 aliphatic heterocycles.